The Morgan fingerprint density at radius 1 is 1.40 bits per heavy atom. The van der Waals surface area contributed by atoms with Gasteiger partial charge in [0.15, 0.2) is 0 Å². The van der Waals surface area contributed by atoms with Crippen molar-refractivity contribution in [1.82, 2.24) is 0 Å². The van der Waals surface area contributed by atoms with Crippen molar-refractivity contribution in [1.29, 1.82) is 0 Å². The standard InChI is InChI=1S/C11H13F2IO/c1-8-3-2-4-9(5-8)10(6-14)15-7-11(12)13/h2-5,10-11H,6-7H2,1H3. The molecule has 1 unspecified atom stereocenters. The molecule has 0 aliphatic heterocycles. The topological polar surface area (TPSA) is 9.23 Å². The number of hydrogen-bond acceptors (Lipinski definition) is 1. The van der Waals surface area contributed by atoms with Crippen molar-refractivity contribution in [2.45, 2.75) is 19.5 Å². The summed E-state index contributed by atoms with van der Waals surface area (Å²) >= 11 is 2.14. The van der Waals surface area contributed by atoms with Crippen LogP contribution in [0.3, 0.4) is 0 Å². The van der Waals surface area contributed by atoms with Gasteiger partial charge in [-0.15, -0.1) is 0 Å². The molecule has 0 aliphatic carbocycles. The zero-order valence-corrected chi connectivity index (χ0v) is 10.6. The first-order valence-electron chi connectivity index (χ1n) is 4.65. The summed E-state index contributed by atoms with van der Waals surface area (Å²) in [5.74, 6) is 0. The monoisotopic (exact) mass is 326 g/mol. The fourth-order valence-electron chi connectivity index (χ4n) is 1.29. The summed E-state index contributed by atoms with van der Waals surface area (Å²) < 4.78 is 29.8. The average molecular weight is 326 g/mol. The van der Waals surface area contributed by atoms with E-state index in [0.29, 0.717) is 4.43 Å². The summed E-state index contributed by atoms with van der Waals surface area (Å²) in [6, 6.07) is 7.76. The van der Waals surface area contributed by atoms with Crippen LogP contribution in [0.1, 0.15) is 17.2 Å². The molecule has 0 spiro atoms. The highest BCUT2D eigenvalue weighted by molar-refractivity contribution is 14.1. The Kier molecular flexibility index (Phi) is 5.45. The van der Waals surface area contributed by atoms with Crippen LogP contribution < -0.4 is 0 Å². The number of rotatable bonds is 5. The van der Waals surface area contributed by atoms with Gasteiger partial charge in [0.2, 0.25) is 0 Å². The second-order valence-corrected chi connectivity index (χ2v) is 4.16. The third kappa shape index (κ3) is 4.42. The number of halogens is 3. The highest BCUT2D eigenvalue weighted by atomic mass is 127. The van der Waals surface area contributed by atoms with Crippen molar-refractivity contribution in [2.75, 3.05) is 11.0 Å². The van der Waals surface area contributed by atoms with E-state index in [1.165, 1.54) is 0 Å². The number of benzene rings is 1. The normalized spacial score (nSPS) is 13.1. The van der Waals surface area contributed by atoms with E-state index in [4.69, 9.17) is 4.74 Å². The molecule has 4 heteroatoms. The van der Waals surface area contributed by atoms with Gasteiger partial charge in [-0.3, -0.25) is 0 Å². The van der Waals surface area contributed by atoms with Crippen LogP contribution in [-0.4, -0.2) is 17.5 Å². The molecule has 0 aliphatic rings. The van der Waals surface area contributed by atoms with Crippen LogP contribution in [0, 0.1) is 6.92 Å². The summed E-state index contributed by atoms with van der Waals surface area (Å²) in [5, 5.41) is 0. The lowest BCUT2D eigenvalue weighted by atomic mass is 10.1. The van der Waals surface area contributed by atoms with Gasteiger partial charge in [0.25, 0.3) is 6.43 Å². The van der Waals surface area contributed by atoms with Crippen molar-refractivity contribution in [3.8, 4) is 0 Å². The van der Waals surface area contributed by atoms with Crippen molar-refractivity contribution in [3.63, 3.8) is 0 Å². The Balaban J connectivity index is 2.65. The molecule has 0 heterocycles. The Morgan fingerprint density at radius 2 is 2.13 bits per heavy atom. The van der Waals surface area contributed by atoms with Gasteiger partial charge in [-0.05, 0) is 12.5 Å². The van der Waals surface area contributed by atoms with Gasteiger partial charge in [-0.1, -0.05) is 52.4 Å². The van der Waals surface area contributed by atoms with Crippen LogP contribution in [0.4, 0.5) is 8.78 Å². The Morgan fingerprint density at radius 3 is 2.67 bits per heavy atom. The van der Waals surface area contributed by atoms with Crippen molar-refractivity contribution < 1.29 is 13.5 Å². The zero-order chi connectivity index (χ0) is 11.3. The number of aryl methyl sites for hydroxylation is 1. The van der Waals surface area contributed by atoms with Crippen LogP contribution in [0.5, 0.6) is 0 Å². The molecule has 0 radical (unpaired) electrons. The van der Waals surface area contributed by atoms with Gasteiger partial charge in [-0.25, -0.2) is 8.78 Å². The van der Waals surface area contributed by atoms with Gasteiger partial charge in [0.05, 0.1) is 6.10 Å². The average Bonchev–Trinajstić information content (AvgIpc) is 2.18. The first-order chi connectivity index (χ1) is 7.13. The minimum atomic E-state index is -2.40. The van der Waals surface area contributed by atoms with Gasteiger partial charge < -0.3 is 4.74 Å². The van der Waals surface area contributed by atoms with Gasteiger partial charge in [-0.2, -0.15) is 0 Å². The fraction of sp³-hybridized carbons (Fsp3) is 0.455. The van der Waals surface area contributed by atoms with E-state index in [0.717, 1.165) is 11.1 Å². The lowest BCUT2D eigenvalue weighted by molar-refractivity contribution is -0.0153. The first-order valence-corrected chi connectivity index (χ1v) is 6.18. The Hall–Kier alpha value is -0.230. The minimum Gasteiger partial charge on any atom is -0.367 e. The molecular weight excluding hydrogens is 313 g/mol. The second kappa shape index (κ2) is 6.37. The third-order valence-electron chi connectivity index (χ3n) is 1.98. The summed E-state index contributed by atoms with van der Waals surface area (Å²) in [6.07, 6.45) is -2.64. The molecule has 0 saturated heterocycles. The van der Waals surface area contributed by atoms with Gasteiger partial charge in [0, 0.05) is 4.43 Å². The largest absolute Gasteiger partial charge is 0.367 e. The van der Waals surface area contributed by atoms with Crippen LogP contribution in [0.2, 0.25) is 0 Å². The molecule has 1 atom stereocenters. The molecule has 0 amide bonds. The molecule has 1 aromatic rings. The number of hydrogen-bond donors (Lipinski definition) is 0. The molecular formula is C11H13F2IO. The van der Waals surface area contributed by atoms with Crippen LogP contribution in [0.25, 0.3) is 0 Å². The van der Waals surface area contributed by atoms with Crippen LogP contribution in [0.15, 0.2) is 24.3 Å². The predicted molar refractivity (Wildman–Crippen MR) is 64.8 cm³/mol. The lowest BCUT2D eigenvalue weighted by Gasteiger charge is -2.15. The summed E-state index contributed by atoms with van der Waals surface area (Å²) in [6.45, 7) is 1.47. The maximum Gasteiger partial charge on any atom is 0.261 e. The van der Waals surface area contributed by atoms with Crippen LogP contribution in [-0.2, 0) is 4.74 Å². The Bertz CT molecular complexity index is 304. The molecule has 1 aromatic carbocycles. The second-order valence-electron chi connectivity index (χ2n) is 3.28. The molecule has 0 N–H and O–H groups in total. The first kappa shape index (κ1) is 12.8. The van der Waals surface area contributed by atoms with E-state index >= 15 is 0 Å². The molecule has 0 fully saturated rings. The van der Waals surface area contributed by atoms with Gasteiger partial charge in [0.1, 0.15) is 6.61 Å². The maximum absolute atomic E-state index is 12.0. The van der Waals surface area contributed by atoms with E-state index in [1.54, 1.807) is 0 Å². The highest BCUT2D eigenvalue weighted by Gasteiger charge is 2.13. The minimum absolute atomic E-state index is 0.237. The summed E-state index contributed by atoms with van der Waals surface area (Å²) in [7, 11) is 0. The molecule has 84 valence electrons. The molecule has 15 heavy (non-hydrogen) atoms. The van der Waals surface area contributed by atoms with Crippen molar-refractivity contribution in [3.05, 3.63) is 35.4 Å². The van der Waals surface area contributed by atoms with Crippen molar-refractivity contribution >= 4 is 22.6 Å². The molecule has 0 aromatic heterocycles. The van der Waals surface area contributed by atoms with E-state index in [2.05, 4.69) is 22.6 Å². The Labute approximate surface area is 102 Å². The molecule has 0 saturated carbocycles. The van der Waals surface area contributed by atoms with Crippen LogP contribution >= 0.6 is 22.6 Å². The smallest absolute Gasteiger partial charge is 0.261 e. The quantitative estimate of drug-likeness (QED) is 0.591. The molecule has 1 rings (SSSR count). The fourth-order valence-corrected chi connectivity index (χ4v) is 2.05. The predicted octanol–water partition coefficient (Wildman–Crippen LogP) is 3.75. The number of alkyl halides is 3. The lowest BCUT2D eigenvalue weighted by Crippen LogP contribution is -2.11. The molecule has 1 nitrogen and oxygen atoms in total. The summed E-state index contributed by atoms with van der Waals surface area (Å²) in [5.41, 5.74) is 2.08. The number of ether oxygens (including phenoxy) is 1. The van der Waals surface area contributed by atoms with Gasteiger partial charge >= 0.3 is 0 Å². The molecule has 0 bridgehead atoms. The summed E-state index contributed by atoms with van der Waals surface area (Å²) in [4.78, 5) is 0. The van der Waals surface area contributed by atoms with E-state index in [1.807, 2.05) is 31.2 Å². The third-order valence-corrected chi connectivity index (χ3v) is 2.78. The zero-order valence-electron chi connectivity index (χ0n) is 8.42. The highest BCUT2D eigenvalue weighted by Crippen LogP contribution is 2.21. The SMILES string of the molecule is Cc1cccc(C(CI)OCC(F)F)c1. The maximum atomic E-state index is 12.0. The van der Waals surface area contributed by atoms with E-state index < -0.39 is 13.0 Å². The van der Waals surface area contributed by atoms with Crippen molar-refractivity contribution in [2.24, 2.45) is 0 Å². The van der Waals surface area contributed by atoms with E-state index in [-0.39, 0.29) is 6.10 Å². The van der Waals surface area contributed by atoms with E-state index in [9.17, 15) is 8.78 Å².